The van der Waals surface area contributed by atoms with Gasteiger partial charge in [-0.3, -0.25) is 19.2 Å². The van der Waals surface area contributed by atoms with Gasteiger partial charge in [0.05, 0.1) is 13.1 Å². The lowest BCUT2D eigenvalue weighted by Gasteiger charge is -2.29. The van der Waals surface area contributed by atoms with Gasteiger partial charge in [0.25, 0.3) is 0 Å². The van der Waals surface area contributed by atoms with Crippen LogP contribution in [0.25, 0.3) is 12.2 Å². The van der Waals surface area contributed by atoms with Gasteiger partial charge in [0, 0.05) is 34.5 Å². The molecule has 3 aromatic carbocycles. The predicted octanol–water partition coefficient (Wildman–Crippen LogP) is 4.96. The smallest absolute Gasteiger partial charge is 0.248 e. The van der Waals surface area contributed by atoms with Crippen LogP contribution in [-0.4, -0.2) is 41.4 Å². The maximum Gasteiger partial charge on any atom is 0.248 e. The maximum absolute atomic E-state index is 13.3. The summed E-state index contributed by atoms with van der Waals surface area (Å²) in [4.78, 5) is 51.6. The molecule has 4 rings (SSSR count). The number of nitrogens with one attached hydrogen (secondary N) is 1. The Hall–Kier alpha value is -4.84. The van der Waals surface area contributed by atoms with E-state index in [0.717, 1.165) is 11.1 Å². The summed E-state index contributed by atoms with van der Waals surface area (Å²) in [6.45, 7) is 1.74. The second-order valence-corrected chi connectivity index (χ2v) is 8.64. The average molecular weight is 491 g/mol. The molecule has 0 unspecified atom stereocenters. The summed E-state index contributed by atoms with van der Waals surface area (Å²) >= 11 is 0. The van der Waals surface area contributed by atoms with Crippen molar-refractivity contribution in [3.8, 4) is 0 Å². The van der Waals surface area contributed by atoms with E-state index in [-0.39, 0.29) is 30.6 Å². The van der Waals surface area contributed by atoms with E-state index in [9.17, 15) is 19.2 Å². The van der Waals surface area contributed by atoms with E-state index in [1.807, 2.05) is 60.7 Å². The Morgan fingerprint density at radius 2 is 1.24 bits per heavy atom. The third-order valence-corrected chi connectivity index (χ3v) is 5.83. The number of Topliss-reactive ketones (excluding diaryl/α,β-unsaturated/α-hetero) is 2. The van der Waals surface area contributed by atoms with Gasteiger partial charge in [-0.2, -0.15) is 0 Å². The van der Waals surface area contributed by atoms with Crippen molar-refractivity contribution in [2.24, 2.45) is 0 Å². The fourth-order valence-corrected chi connectivity index (χ4v) is 3.92. The lowest BCUT2D eigenvalue weighted by Crippen LogP contribution is -2.41. The Morgan fingerprint density at radius 3 is 1.73 bits per heavy atom. The number of benzene rings is 3. The fourth-order valence-electron chi connectivity index (χ4n) is 3.92. The number of carbonyl (C=O) groups is 4. The van der Waals surface area contributed by atoms with Gasteiger partial charge in [0.2, 0.25) is 11.8 Å². The quantitative estimate of drug-likeness (QED) is 0.391. The molecule has 1 fully saturated rings. The molecule has 0 atom stereocenters. The second kappa shape index (κ2) is 11.7. The van der Waals surface area contributed by atoms with Crippen LogP contribution in [0, 0.1) is 0 Å². The summed E-state index contributed by atoms with van der Waals surface area (Å²) in [6, 6.07) is 25.4. The summed E-state index contributed by atoms with van der Waals surface area (Å²) in [5, 5.41) is 2.67. The maximum atomic E-state index is 13.3. The van der Waals surface area contributed by atoms with Crippen molar-refractivity contribution in [2.75, 3.05) is 18.4 Å². The number of likely N-dealkylation sites (tertiary alicyclic amines) is 1. The molecule has 0 aliphatic carbocycles. The number of rotatable bonds is 6. The fraction of sp³-hybridized carbons (Fsp3) is 0.0968. The second-order valence-electron chi connectivity index (χ2n) is 8.64. The summed E-state index contributed by atoms with van der Waals surface area (Å²) in [5.41, 5.74) is 3.78. The molecule has 1 aliphatic rings. The molecule has 6 heteroatoms. The highest BCUT2D eigenvalue weighted by Crippen LogP contribution is 2.22. The van der Waals surface area contributed by atoms with Crippen LogP contribution in [0.3, 0.4) is 0 Å². The number of hydrogen-bond acceptors (Lipinski definition) is 4. The Labute approximate surface area is 215 Å². The van der Waals surface area contributed by atoms with Crippen molar-refractivity contribution in [1.82, 2.24) is 4.90 Å². The van der Waals surface area contributed by atoms with Crippen molar-refractivity contribution in [1.29, 1.82) is 0 Å². The van der Waals surface area contributed by atoms with Crippen molar-refractivity contribution in [3.05, 3.63) is 125 Å². The summed E-state index contributed by atoms with van der Waals surface area (Å²) < 4.78 is 0. The highest BCUT2D eigenvalue weighted by molar-refractivity contribution is 6.16. The summed E-state index contributed by atoms with van der Waals surface area (Å²) in [7, 11) is 0. The third-order valence-electron chi connectivity index (χ3n) is 5.83. The largest absolute Gasteiger partial charge is 0.330 e. The minimum absolute atomic E-state index is 0.0650. The van der Waals surface area contributed by atoms with Gasteiger partial charge in [-0.15, -0.1) is 0 Å². The molecular formula is C31H26N2O4. The number of nitrogens with zero attached hydrogens (tertiary/aromatic N) is 1. The first-order valence-corrected chi connectivity index (χ1v) is 11.8. The average Bonchev–Trinajstić information content (AvgIpc) is 2.91. The van der Waals surface area contributed by atoms with E-state index in [2.05, 4.69) is 5.32 Å². The van der Waals surface area contributed by atoms with Crippen molar-refractivity contribution in [3.63, 3.8) is 0 Å². The molecule has 0 radical (unpaired) electrons. The van der Waals surface area contributed by atoms with Crippen LogP contribution in [0.1, 0.15) is 28.4 Å². The molecule has 0 spiro atoms. The number of hydrogen-bond donors (Lipinski definition) is 1. The molecule has 1 heterocycles. The topological polar surface area (TPSA) is 83.6 Å². The zero-order valence-electron chi connectivity index (χ0n) is 20.4. The molecule has 2 amide bonds. The van der Waals surface area contributed by atoms with Crippen LogP contribution in [0.2, 0.25) is 0 Å². The van der Waals surface area contributed by atoms with Crippen LogP contribution in [0.4, 0.5) is 5.69 Å². The van der Waals surface area contributed by atoms with E-state index in [4.69, 9.17) is 0 Å². The molecule has 0 aromatic heterocycles. The van der Waals surface area contributed by atoms with E-state index >= 15 is 0 Å². The van der Waals surface area contributed by atoms with Gasteiger partial charge in [-0.05, 0) is 54.5 Å². The zero-order chi connectivity index (χ0) is 26.2. The Kier molecular flexibility index (Phi) is 8.01. The van der Waals surface area contributed by atoms with Crippen LogP contribution >= 0.6 is 0 Å². The van der Waals surface area contributed by atoms with Crippen molar-refractivity contribution >= 4 is 41.2 Å². The Balaban J connectivity index is 1.52. The number of anilines is 1. The third kappa shape index (κ3) is 6.86. The van der Waals surface area contributed by atoms with Gasteiger partial charge < -0.3 is 10.2 Å². The predicted molar refractivity (Wildman–Crippen MR) is 145 cm³/mol. The molecular weight excluding hydrogens is 464 g/mol. The molecule has 1 aliphatic heterocycles. The molecule has 0 saturated carbocycles. The van der Waals surface area contributed by atoms with E-state index < -0.39 is 5.91 Å². The van der Waals surface area contributed by atoms with Crippen LogP contribution in [-0.2, 0) is 14.4 Å². The zero-order valence-corrected chi connectivity index (χ0v) is 20.4. The monoisotopic (exact) mass is 490 g/mol. The number of amides is 2. The van der Waals surface area contributed by atoms with Gasteiger partial charge >= 0.3 is 0 Å². The molecule has 3 aromatic rings. The molecule has 37 heavy (non-hydrogen) atoms. The normalized spacial score (nSPS) is 15.8. The van der Waals surface area contributed by atoms with Crippen molar-refractivity contribution < 1.29 is 19.2 Å². The number of ketones is 2. The molecule has 0 bridgehead atoms. The number of carbonyl (C=O) groups excluding carboxylic acids is 4. The minimum Gasteiger partial charge on any atom is -0.330 e. The SMILES string of the molecule is CC(=O)c1ccc(NC(=O)/C=C/C(=O)N2C/C(=C\c3ccccc3)C(=O)/C(=C/c3ccccc3)C2)cc1. The highest BCUT2D eigenvalue weighted by atomic mass is 16.2. The number of piperidine rings is 1. The molecule has 6 nitrogen and oxygen atoms in total. The highest BCUT2D eigenvalue weighted by Gasteiger charge is 2.28. The van der Waals surface area contributed by atoms with Crippen LogP contribution < -0.4 is 5.32 Å². The first kappa shape index (κ1) is 25.3. The lowest BCUT2D eigenvalue weighted by molar-refractivity contribution is -0.126. The van der Waals surface area contributed by atoms with E-state index in [1.165, 1.54) is 24.0 Å². The van der Waals surface area contributed by atoms with Gasteiger partial charge in [-0.25, -0.2) is 0 Å². The minimum atomic E-state index is -0.475. The van der Waals surface area contributed by atoms with Crippen LogP contribution in [0.15, 0.2) is 108 Å². The molecule has 1 N–H and O–H groups in total. The standard InChI is InChI=1S/C31H26N2O4/c1-22(34)25-12-14-28(15-13-25)32-29(35)16-17-30(36)33-20-26(18-23-8-4-2-5-9-23)31(37)27(21-33)19-24-10-6-3-7-11-24/h2-19H,20-21H2,1H3,(H,32,35)/b17-16+,26-18+,27-19+. The molecule has 1 saturated heterocycles. The Morgan fingerprint density at radius 1 is 0.730 bits per heavy atom. The van der Waals surface area contributed by atoms with E-state index in [1.54, 1.807) is 36.4 Å². The van der Waals surface area contributed by atoms with Gasteiger partial charge in [0.1, 0.15) is 0 Å². The van der Waals surface area contributed by atoms with Gasteiger partial charge in [-0.1, -0.05) is 60.7 Å². The van der Waals surface area contributed by atoms with Crippen molar-refractivity contribution in [2.45, 2.75) is 6.92 Å². The summed E-state index contributed by atoms with van der Waals surface area (Å²) in [5.74, 6) is -1.03. The first-order chi connectivity index (χ1) is 17.9. The first-order valence-electron chi connectivity index (χ1n) is 11.8. The lowest BCUT2D eigenvalue weighted by atomic mass is 9.94. The Bertz CT molecular complexity index is 1340. The summed E-state index contributed by atoms with van der Waals surface area (Å²) in [6.07, 6.45) is 5.96. The van der Waals surface area contributed by atoms with Gasteiger partial charge in [0.15, 0.2) is 11.6 Å². The van der Waals surface area contributed by atoms with E-state index in [0.29, 0.717) is 22.4 Å². The van der Waals surface area contributed by atoms with Crippen LogP contribution in [0.5, 0.6) is 0 Å². The molecule has 184 valence electrons.